The van der Waals surface area contributed by atoms with E-state index in [1.165, 1.54) is 11.8 Å². The maximum atomic E-state index is 12.8. The van der Waals surface area contributed by atoms with Crippen molar-refractivity contribution in [3.63, 3.8) is 0 Å². The molecule has 0 rings (SSSR count). The van der Waals surface area contributed by atoms with Crippen LogP contribution in [0.25, 0.3) is 0 Å². The zero-order chi connectivity index (χ0) is 25.6. The number of unbranched alkanes of at least 4 members (excludes halogenated alkanes) is 1. The molecule has 0 heterocycles. The number of nitrogens with one attached hydrogen (secondary N) is 3. The molecular weight excluding hydrogens is 458 g/mol. The number of amides is 3. The minimum absolute atomic E-state index is 0.182. The molecule has 5 unspecified atom stereocenters. The van der Waals surface area contributed by atoms with E-state index in [1.54, 1.807) is 6.26 Å². The fourth-order valence-corrected chi connectivity index (χ4v) is 3.19. The smallest absolute Gasteiger partial charge is 0.328 e. The first-order valence-corrected chi connectivity index (χ1v) is 11.8. The Morgan fingerprint density at radius 3 is 1.97 bits per heavy atom. The number of hydrogen-bond acceptors (Lipinski definition) is 9. The van der Waals surface area contributed by atoms with Gasteiger partial charge in [-0.15, -0.1) is 0 Å². The molecule has 0 aliphatic carbocycles. The molecule has 3 amide bonds. The first-order chi connectivity index (χ1) is 15.4. The summed E-state index contributed by atoms with van der Waals surface area (Å²) in [5, 5.41) is 34.5. The van der Waals surface area contributed by atoms with Crippen LogP contribution in [0.4, 0.5) is 0 Å². The molecule has 0 fully saturated rings. The highest BCUT2D eigenvalue weighted by molar-refractivity contribution is 7.98. The van der Waals surface area contributed by atoms with Crippen molar-refractivity contribution in [1.29, 1.82) is 0 Å². The van der Waals surface area contributed by atoms with Gasteiger partial charge in [0, 0.05) is 0 Å². The van der Waals surface area contributed by atoms with Gasteiger partial charge in [0.25, 0.3) is 0 Å². The lowest BCUT2D eigenvalue weighted by molar-refractivity contribution is -0.146. The third-order valence-electron chi connectivity index (χ3n) is 4.61. The number of aliphatic carboxylic acids is 2. The molecule has 190 valence electrons. The van der Waals surface area contributed by atoms with Crippen molar-refractivity contribution >= 4 is 41.4 Å². The topological polar surface area (TPSA) is 234 Å². The summed E-state index contributed by atoms with van der Waals surface area (Å²) in [6.07, 6.45) is 1.33. The summed E-state index contributed by atoms with van der Waals surface area (Å²) in [7, 11) is 0. The SMILES string of the molecule is CSCCC(NC(=O)C(N)CCCCN)C(=O)NC(CC(=O)O)C(=O)NC(C(=O)O)C(C)O. The van der Waals surface area contributed by atoms with Gasteiger partial charge < -0.3 is 42.7 Å². The molecule has 0 radical (unpaired) electrons. The highest BCUT2D eigenvalue weighted by atomic mass is 32.2. The fraction of sp³-hybridized carbons (Fsp3) is 0.737. The van der Waals surface area contributed by atoms with Crippen molar-refractivity contribution in [2.45, 2.75) is 69.3 Å². The molecule has 0 bridgehead atoms. The molecule has 10 N–H and O–H groups in total. The van der Waals surface area contributed by atoms with Crippen LogP contribution in [0.15, 0.2) is 0 Å². The molecule has 5 atom stereocenters. The van der Waals surface area contributed by atoms with E-state index < -0.39 is 66.4 Å². The number of aliphatic hydroxyl groups is 1. The average molecular weight is 494 g/mol. The van der Waals surface area contributed by atoms with E-state index in [1.807, 2.05) is 5.32 Å². The highest BCUT2D eigenvalue weighted by Crippen LogP contribution is 2.06. The number of rotatable bonds is 17. The molecule has 0 aliphatic heterocycles. The minimum Gasteiger partial charge on any atom is -0.481 e. The Morgan fingerprint density at radius 2 is 1.48 bits per heavy atom. The molecule has 0 aromatic heterocycles. The summed E-state index contributed by atoms with van der Waals surface area (Å²) in [6, 6.07) is -5.31. The van der Waals surface area contributed by atoms with E-state index in [4.69, 9.17) is 21.7 Å². The molecule has 33 heavy (non-hydrogen) atoms. The van der Waals surface area contributed by atoms with Gasteiger partial charge >= 0.3 is 11.9 Å². The zero-order valence-corrected chi connectivity index (χ0v) is 19.6. The third-order valence-corrected chi connectivity index (χ3v) is 5.25. The van der Waals surface area contributed by atoms with Crippen LogP contribution in [-0.2, 0) is 24.0 Å². The van der Waals surface area contributed by atoms with Gasteiger partial charge in [0.1, 0.15) is 12.1 Å². The number of hydrogen-bond donors (Lipinski definition) is 8. The first kappa shape index (κ1) is 30.6. The van der Waals surface area contributed by atoms with Crippen LogP contribution in [0, 0.1) is 0 Å². The van der Waals surface area contributed by atoms with Crippen LogP contribution in [0.3, 0.4) is 0 Å². The van der Waals surface area contributed by atoms with Crippen molar-refractivity contribution in [3.05, 3.63) is 0 Å². The van der Waals surface area contributed by atoms with Crippen LogP contribution >= 0.6 is 11.8 Å². The number of thioether (sulfide) groups is 1. The molecule has 0 saturated heterocycles. The van der Waals surface area contributed by atoms with E-state index in [2.05, 4.69) is 10.6 Å². The van der Waals surface area contributed by atoms with Gasteiger partial charge in [-0.25, -0.2) is 4.79 Å². The lowest BCUT2D eigenvalue weighted by atomic mass is 10.1. The van der Waals surface area contributed by atoms with Gasteiger partial charge in [0.05, 0.1) is 18.6 Å². The van der Waals surface area contributed by atoms with E-state index in [9.17, 15) is 29.1 Å². The molecular formula is C19H35N5O8S. The number of carboxylic acid groups (broad SMARTS) is 2. The monoisotopic (exact) mass is 493 g/mol. The summed E-state index contributed by atoms with van der Waals surface area (Å²) in [6.45, 7) is 1.59. The predicted octanol–water partition coefficient (Wildman–Crippen LogP) is -2.41. The average Bonchev–Trinajstić information content (AvgIpc) is 2.73. The molecule has 0 aromatic rings. The first-order valence-electron chi connectivity index (χ1n) is 10.4. The Bertz CT molecular complexity index is 679. The summed E-state index contributed by atoms with van der Waals surface area (Å²) in [5.74, 6) is -4.99. The lowest BCUT2D eigenvalue weighted by Crippen LogP contribution is -2.58. The van der Waals surface area contributed by atoms with Crippen molar-refractivity contribution in [1.82, 2.24) is 16.0 Å². The summed E-state index contributed by atoms with van der Waals surface area (Å²) in [5.41, 5.74) is 11.3. The van der Waals surface area contributed by atoms with Crippen LogP contribution in [0.1, 0.15) is 39.0 Å². The maximum absolute atomic E-state index is 12.8. The standard InChI is InChI=1S/C19H35N5O8S/c1-10(25)15(19(31)32)24-18(30)13(9-14(26)27)23-17(29)12(6-8-33-2)22-16(28)11(21)5-3-4-7-20/h10-13,15,25H,3-9,20-21H2,1-2H3,(H,22,28)(H,23,29)(H,24,30)(H,26,27)(H,31,32). The number of carbonyl (C=O) groups excluding carboxylic acids is 3. The van der Waals surface area contributed by atoms with Crippen molar-refractivity contribution in [3.8, 4) is 0 Å². The largest absolute Gasteiger partial charge is 0.481 e. The van der Waals surface area contributed by atoms with Gasteiger partial charge in [0.2, 0.25) is 17.7 Å². The second kappa shape index (κ2) is 16.2. The van der Waals surface area contributed by atoms with Crippen molar-refractivity contribution < 1.29 is 39.3 Å². The third kappa shape index (κ3) is 12.4. The van der Waals surface area contributed by atoms with Gasteiger partial charge in [-0.3, -0.25) is 19.2 Å². The predicted molar refractivity (Wildman–Crippen MR) is 121 cm³/mol. The van der Waals surface area contributed by atoms with E-state index >= 15 is 0 Å². The minimum atomic E-state index is -1.70. The van der Waals surface area contributed by atoms with Crippen LogP contribution in [-0.4, -0.2) is 93.8 Å². The van der Waals surface area contributed by atoms with Crippen LogP contribution in [0.5, 0.6) is 0 Å². The quantitative estimate of drug-likeness (QED) is 0.0993. The number of carbonyl (C=O) groups is 5. The van der Waals surface area contributed by atoms with Gasteiger partial charge in [-0.2, -0.15) is 11.8 Å². The van der Waals surface area contributed by atoms with Crippen molar-refractivity contribution in [2.24, 2.45) is 11.5 Å². The molecule has 13 nitrogen and oxygen atoms in total. The van der Waals surface area contributed by atoms with Gasteiger partial charge in [-0.1, -0.05) is 6.42 Å². The highest BCUT2D eigenvalue weighted by Gasteiger charge is 2.32. The number of carboxylic acids is 2. The molecule has 14 heteroatoms. The Labute approximate surface area is 196 Å². The van der Waals surface area contributed by atoms with E-state index in [0.717, 1.165) is 6.92 Å². The van der Waals surface area contributed by atoms with E-state index in [-0.39, 0.29) is 6.42 Å². The Balaban J connectivity index is 5.39. The maximum Gasteiger partial charge on any atom is 0.328 e. The van der Waals surface area contributed by atoms with Gasteiger partial charge in [-0.05, 0) is 44.7 Å². The Hall–Kier alpha value is -2.42. The second-order valence-electron chi connectivity index (χ2n) is 7.46. The zero-order valence-electron chi connectivity index (χ0n) is 18.8. The van der Waals surface area contributed by atoms with Gasteiger partial charge in [0.15, 0.2) is 6.04 Å². The number of nitrogens with two attached hydrogens (primary N) is 2. The Kier molecular flexibility index (Phi) is 15.0. The molecule has 0 aliphatic rings. The summed E-state index contributed by atoms with van der Waals surface area (Å²) in [4.78, 5) is 60.0. The van der Waals surface area contributed by atoms with E-state index in [0.29, 0.717) is 31.6 Å². The molecule has 0 saturated carbocycles. The fourth-order valence-electron chi connectivity index (χ4n) is 2.72. The molecule has 0 aromatic carbocycles. The summed E-state index contributed by atoms with van der Waals surface area (Å²) < 4.78 is 0. The normalized spacial score (nSPS) is 15.4. The number of aliphatic hydroxyl groups excluding tert-OH is 1. The second-order valence-corrected chi connectivity index (χ2v) is 8.44. The lowest BCUT2D eigenvalue weighted by Gasteiger charge is -2.25. The molecule has 0 spiro atoms. The van der Waals surface area contributed by atoms with Crippen molar-refractivity contribution in [2.75, 3.05) is 18.6 Å². The Morgan fingerprint density at radius 1 is 0.909 bits per heavy atom. The summed E-state index contributed by atoms with van der Waals surface area (Å²) >= 11 is 1.41. The van der Waals surface area contributed by atoms with Crippen LogP contribution in [0.2, 0.25) is 0 Å². The van der Waals surface area contributed by atoms with Crippen LogP contribution < -0.4 is 27.4 Å².